The van der Waals surface area contributed by atoms with E-state index in [1.165, 1.54) is 11.8 Å². The van der Waals surface area contributed by atoms with Crippen LogP contribution in [0, 0.1) is 0 Å². The number of pyridine rings is 1. The first-order valence-corrected chi connectivity index (χ1v) is 8.70. The number of rotatable bonds is 4. The summed E-state index contributed by atoms with van der Waals surface area (Å²) in [7, 11) is 0. The van der Waals surface area contributed by atoms with Gasteiger partial charge in [-0.3, -0.25) is 0 Å². The second-order valence-electron chi connectivity index (χ2n) is 6.53. The van der Waals surface area contributed by atoms with Crippen molar-refractivity contribution in [3.63, 3.8) is 0 Å². The van der Waals surface area contributed by atoms with Gasteiger partial charge < -0.3 is 14.5 Å². The van der Waals surface area contributed by atoms with E-state index in [9.17, 15) is 0 Å². The molecule has 4 heterocycles. The van der Waals surface area contributed by atoms with Crippen molar-refractivity contribution in [1.29, 1.82) is 0 Å². The maximum Gasteiger partial charge on any atom is 0.258 e. The predicted octanol–water partition coefficient (Wildman–Crippen LogP) is 2.50. The second-order valence-corrected chi connectivity index (χ2v) is 6.53. The van der Waals surface area contributed by atoms with Gasteiger partial charge in [-0.05, 0) is 24.6 Å². The van der Waals surface area contributed by atoms with Crippen molar-refractivity contribution in [1.82, 2.24) is 15.0 Å². The fourth-order valence-corrected chi connectivity index (χ4v) is 3.23. The number of anilines is 2. The lowest BCUT2D eigenvalue weighted by Crippen LogP contribution is -2.54. The summed E-state index contributed by atoms with van der Waals surface area (Å²) >= 11 is 0. The summed E-state index contributed by atoms with van der Waals surface area (Å²) in [5, 5.41) is 1.17. The molecule has 0 atom stereocenters. The largest absolute Gasteiger partial charge is 0.468 e. The van der Waals surface area contributed by atoms with Crippen LogP contribution >= 0.6 is 0 Å². The van der Waals surface area contributed by atoms with E-state index in [-0.39, 0.29) is 6.10 Å². The molecule has 6 nitrogen and oxygen atoms in total. The summed E-state index contributed by atoms with van der Waals surface area (Å²) < 4.78 is 6.09. The smallest absolute Gasteiger partial charge is 0.258 e. The minimum atomic E-state index is 0.130. The molecule has 0 N–H and O–H groups in total. The first-order valence-electron chi connectivity index (χ1n) is 8.70. The van der Waals surface area contributed by atoms with Crippen molar-refractivity contribution >= 4 is 22.5 Å². The van der Waals surface area contributed by atoms with Gasteiger partial charge >= 0.3 is 0 Å². The van der Waals surface area contributed by atoms with Gasteiger partial charge in [-0.2, -0.15) is 0 Å². The number of hydrogen-bond donors (Lipinski definition) is 0. The first-order chi connectivity index (χ1) is 12.4. The Bertz CT molecular complexity index is 905. The minimum Gasteiger partial charge on any atom is -0.468 e. The Morgan fingerprint density at radius 1 is 0.920 bits per heavy atom. The topological polar surface area (TPSA) is 54.4 Å². The summed E-state index contributed by atoms with van der Waals surface area (Å²) in [6, 6.07) is 12.4. The van der Waals surface area contributed by atoms with Gasteiger partial charge in [0.1, 0.15) is 11.9 Å². The average Bonchev–Trinajstić information content (AvgIpc) is 2.57. The molecule has 2 aliphatic heterocycles. The normalized spacial score (nSPS) is 17.3. The molecular weight excluding hydrogens is 314 g/mol. The van der Waals surface area contributed by atoms with Crippen LogP contribution in [0.5, 0.6) is 5.88 Å². The van der Waals surface area contributed by atoms with Crippen molar-refractivity contribution in [2.24, 2.45) is 0 Å². The van der Waals surface area contributed by atoms with Crippen LogP contribution in [0.15, 0.2) is 48.8 Å². The molecule has 0 saturated carbocycles. The zero-order chi connectivity index (χ0) is 16.6. The molecule has 0 aliphatic carbocycles. The van der Waals surface area contributed by atoms with Crippen molar-refractivity contribution in [3.05, 3.63) is 48.8 Å². The van der Waals surface area contributed by atoms with Crippen LogP contribution in [-0.4, -0.2) is 47.2 Å². The van der Waals surface area contributed by atoms with E-state index in [2.05, 4.69) is 38.0 Å². The third-order valence-corrected chi connectivity index (χ3v) is 4.84. The number of hydrogen-bond acceptors (Lipinski definition) is 6. The van der Waals surface area contributed by atoms with Crippen molar-refractivity contribution in [2.45, 2.75) is 12.5 Å². The van der Waals surface area contributed by atoms with Gasteiger partial charge in [0.15, 0.2) is 5.82 Å². The van der Waals surface area contributed by atoms with Crippen LogP contribution < -0.4 is 14.5 Å². The number of ether oxygens (including phenoxy) is 1. The van der Waals surface area contributed by atoms with Gasteiger partial charge in [-0.15, -0.1) is 0 Å². The number of fused-ring (bicyclic) bond motifs is 1. The highest BCUT2D eigenvalue weighted by atomic mass is 16.5. The highest BCUT2D eigenvalue weighted by Crippen LogP contribution is 2.30. The molecule has 2 fully saturated rings. The fraction of sp³-hybridized carbons (Fsp3) is 0.316. The molecule has 1 aromatic carbocycles. The van der Waals surface area contributed by atoms with E-state index in [1.807, 2.05) is 18.2 Å². The predicted molar refractivity (Wildman–Crippen MR) is 97.2 cm³/mol. The molecule has 0 radical (unpaired) electrons. The number of aromatic nitrogens is 3. The van der Waals surface area contributed by atoms with E-state index < -0.39 is 0 Å². The lowest BCUT2D eigenvalue weighted by Gasteiger charge is -2.40. The first kappa shape index (κ1) is 14.5. The third-order valence-electron chi connectivity index (χ3n) is 4.84. The van der Waals surface area contributed by atoms with Gasteiger partial charge in [0, 0.05) is 30.9 Å². The van der Waals surface area contributed by atoms with Crippen LogP contribution in [0.3, 0.4) is 0 Å². The molecule has 3 aromatic rings. The lowest BCUT2D eigenvalue weighted by molar-refractivity contribution is 0.159. The summed E-state index contributed by atoms with van der Waals surface area (Å²) in [5.74, 6) is 2.52. The van der Waals surface area contributed by atoms with E-state index in [1.54, 1.807) is 12.4 Å². The van der Waals surface area contributed by atoms with Crippen LogP contribution in [0.4, 0.5) is 11.6 Å². The van der Waals surface area contributed by atoms with Gasteiger partial charge in [0.25, 0.3) is 5.88 Å². The number of nitrogens with zero attached hydrogens (tertiary/aromatic N) is 5. The molecule has 126 valence electrons. The monoisotopic (exact) mass is 333 g/mol. The summed E-state index contributed by atoms with van der Waals surface area (Å²) in [6.07, 6.45) is 4.76. The van der Waals surface area contributed by atoms with Gasteiger partial charge in [0.2, 0.25) is 0 Å². The molecule has 0 bridgehead atoms. The molecule has 6 heteroatoms. The second kappa shape index (κ2) is 5.88. The molecule has 0 amide bonds. The highest BCUT2D eigenvalue weighted by Gasteiger charge is 2.31. The Morgan fingerprint density at radius 3 is 2.60 bits per heavy atom. The molecule has 0 unspecified atom stereocenters. The standard InChI is InChI=1S/C19H19N5O/c1-2-5-16-14(4-1)6-7-17(22-16)24-12-15(13-24)25-19-18(20-8-9-21-19)23-10-3-11-23/h1-2,4-9,15H,3,10-13H2. The Balaban J connectivity index is 1.27. The van der Waals surface area contributed by atoms with E-state index >= 15 is 0 Å². The third kappa shape index (κ3) is 2.63. The fourth-order valence-electron chi connectivity index (χ4n) is 3.23. The summed E-state index contributed by atoms with van der Waals surface area (Å²) in [6.45, 7) is 3.71. The lowest BCUT2D eigenvalue weighted by atomic mass is 10.1. The van der Waals surface area contributed by atoms with Gasteiger partial charge in [-0.1, -0.05) is 18.2 Å². The van der Waals surface area contributed by atoms with Crippen LogP contribution in [0.2, 0.25) is 0 Å². The molecule has 25 heavy (non-hydrogen) atoms. The SMILES string of the molecule is c1ccc2nc(N3CC(Oc4nccnc4N4CCC4)C3)ccc2c1. The highest BCUT2D eigenvalue weighted by molar-refractivity contribution is 5.80. The molecular formula is C19H19N5O. The quantitative estimate of drug-likeness (QED) is 0.731. The average molecular weight is 333 g/mol. The van der Waals surface area contributed by atoms with Crippen LogP contribution in [-0.2, 0) is 0 Å². The van der Waals surface area contributed by atoms with Crippen molar-refractivity contribution in [2.75, 3.05) is 36.0 Å². The maximum absolute atomic E-state index is 6.09. The maximum atomic E-state index is 6.09. The van der Waals surface area contributed by atoms with Crippen LogP contribution in [0.1, 0.15) is 6.42 Å². The number of para-hydroxylation sites is 1. The zero-order valence-corrected chi connectivity index (χ0v) is 13.9. The van der Waals surface area contributed by atoms with E-state index in [0.29, 0.717) is 5.88 Å². The van der Waals surface area contributed by atoms with E-state index in [0.717, 1.165) is 43.3 Å². The molecule has 2 saturated heterocycles. The summed E-state index contributed by atoms with van der Waals surface area (Å²) in [5.41, 5.74) is 1.03. The Morgan fingerprint density at radius 2 is 1.76 bits per heavy atom. The molecule has 2 aromatic heterocycles. The Hall–Kier alpha value is -2.89. The summed E-state index contributed by atoms with van der Waals surface area (Å²) in [4.78, 5) is 18.0. The van der Waals surface area contributed by atoms with E-state index in [4.69, 9.17) is 9.72 Å². The van der Waals surface area contributed by atoms with Crippen LogP contribution in [0.25, 0.3) is 10.9 Å². The Kier molecular flexibility index (Phi) is 3.40. The minimum absolute atomic E-state index is 0.130. The molecule has 2 aliphatic rings. The van der Waals surface area contributed by atoms with Gasteiger partial charge in [-0.25, -0.2) is 15.0 Å². The molecule has 0 spiro atoms. The number of benzene rings is 1. The Labute approximate surface area is 146 Å². The molecule has 5 rings (SSSR count). The zero-order valence-electron chi connectivity index (χ0n) is 13.9. The van der Waals surface area contributed by atoms with Crippen molar-refractivity contribution in [3.8, 4) is 5.88 Å². The van der Waals surface area contributed by atoms with Crippen molar-refractivity contribution < 1.29 is 4.74 Å². The van der Waals surface area contributed by atoms with Gasteiger partial charge in [0.05, 0.1) is 18.6 Å².